The van der Waals surface area contributed by atoms with Crippen molar-refractivity contribution in [1.29, 1.82) is 0 Å². The molecule has 2 N–H and O–H groups in total. The molecule has 0 heterocycles. The molecule has 0 saturated heterocycles. The van der Waals surface area contributed by atoms with Gasteiger partial charge in [-0.15, -0.1) is 0 Å². The Bertz CT molecular complexity index is 45.6. The molecule has 56 valence electrons. The van der Waals surface area contributed by atoms with Crippen LogP contribution in [0.3, 0.4) is 0 Å². The highest BCUT2D eigenvalue weighted by Gasteiger charge is 1.69. The second kappa shape index (κ2) is 15.7. The fourth-order valence-corrected chi connectivity index (χ4v) is 0.136. The van der Waals surface area contributed by atoms with E-state index in [-0.39, 0.29) is 13.2 Å². The van der Waals surface area contributed by atoms with Crippen LogP contribution in [0.2, 0.25) is 0 Å². The van der Waals surface area contributed by atoms with Crippen LogP contribution in [0.25, 0.3) is 0 Å². The molecule has 0 aliphatic carbocycles. The Morgan fingerprint density at radius 1 is 1.56 bits per heavy atom. The van der Waals surface area contributed by atoms with Crippen molar-refractivity contribution in [2.24, 2.45) is 0 Å². The molecule has 0 radical (unpaired) electrons. The van der Waals surface area contributed by atoms with Crippen LogP contribution in [0, 0.1) is 0 Å². The molecule has 0 aromatic heterocycles. The standard InChI is InChI=1S/C4H8O2.C2H6O/c1-2-6-4-3-5;1-2-3/h2,5H,1,3-4H2;3H,2H2,1H3. The van der Waals surface area contributed by atoms with E-state index in [2.05, 4.69) is 11.3 Å². The minimum Gasteiger partial charge on any atom is -0.499 e. The van der Waals surface area contributed by atoms with E-state index in [1.807, 2.05) is 0 Å². The molecule has 0 atom stereocenters. The molecule has 0 fully saturated rings. The fraction of sp³-hybridized carbons (Fsp3) is 0.667. The maximum absolute atomic E-state index is 8.02. The molecule has 0 amide bonds. The van der Waals surface area contributed by atoms with Gasteiger partial charge < -0.3 is 14.9 Å². The summed E-state index contributed by atoms with van der Waals surface area (Å²) in [6.07, 6.45) is 1.30. The lowest BCUT2D eigenvalue weighted by Crippen LogP contribution is -1.90. The van der Waals surface area contributed by atoms with Gasteiger partial charge in [0.15, 0.2) is 0 Å². The normalized spacial score (nSPS) is 7.00. The van der Waals surface area contributed by atoms with Crippen molar-refractivity contribution in [3.8, 4) is 0 Å². The van der Waals surface area contributed by atoms with Crippen molar-refractivity contribution in [2.45, 2.75) is 6.92 Å². The molecule has 0 unspecified atom stereocenters. The Kier molecular flexibility index (Phi) is 19.6. The molecule has 0 aliphatic heterocycles. The first-order valence-corrected chi connectivity index (χ1v) is 2.77. The smallest absolute Gasteiger partial charge is 0.110 e. The minimum absolute atomic E-state index is 0.0615. The van der Waals surface area contributed by atoms with Crippen LogP contribution in [-0.2, 0) is 4.74 Å². The number of aliphatic hydroxyl groups excluding tert-OH is 2. The van der Waals surface area contributed by atoms with Crippen molar-refractivity contribution >= 4 is 0 Å². The Balaban J connectivity index is 0. The fourth-order valence-electron chi connectivity index (χ4n) is 0.136. The Morgan fingerprint density at radius 2 is 2.00 bits per heavy atom. The number of rotatable bonds is 3. The van der Waals surface area contributed by atoms with Crippen LogP contribution in [0.1, 0.15) is 6.92 Å². The van der Waals surface area contributed by atoms with Crippen LogP contribution in [0.5, 0.6) is 0 Å². The van der Waals surface area contributed by atoms with Crippen LogP contribution < -0.4 is 0 Å². The summed E-state index contributed by atoms with van der Waals surface area (Å²) in [7, 11) is 0. The van der Waals surface area contributed by atoms with Crippen molar-refractivity contribution in [3.63, 3.8) is 0 Å². The summed E-state index contributed by atoms with van der Waals surface area (Å²) in [6.45, 7) is 5.61. The third kappa shape index (κ3) is 36.7. The quantitative estimate of drug-likeness (QED) is 0.426. The monoisotopic (exact) mass is 134 g/mol. The van der Waals surface area contributed by atoms with E-state index >= 15 is 0 Å². The van der Waals surface area contributed by atoms with Crippen molar-refractivity contribution < 1.29 is 14.9 Å². The first kappa shape index (κ1) is 11.3. The van der Waals surface area contributed by atoms with Crippen LogP contribution >= 0.6 is 0 Å². The predicted molar refractivity (Wildman–Crippen MR) is 36.0 cm³/mol. The van der Waals surface area contributed by atoms with Gasteiger partial charge >= 0.3 is 0 Å². The van der Waals surface area contributed by atoms with Gasteiger partial charge in [-0.05, 0) is 6.92 Å². The molecular formula is C6H14O3. The highest BCUT2D eigenvalue weighted by atomic mass is 16.5. The maximum atomic E-state index is 8.02. The van der Waals surface area contributed by atoms with Gasteiger partial charge in [-0.25, -0.2) is 0 Å². The lowest BCUT2D eigenvalue weighted by molar-refractivity contribution is 0.166. The van der Waals surface area contributed by atoms with E-state index < -0.39 is 0 Å². The summed E-state index contributed by atoms with van der Waals surface area (Å²) in [5, 5.41) is 15.6. The second-order valence-electron chi connectivity index (χ2n) is 1.08. The van der Waals surface area contributed by atoms with Crippen molar-refractivity contribution in [3.05, 3.63) is 12.8 Å². The molecule has 3 heteroatoms. The summed E-state index contributed by atoms with van der Waals surface area (Å²) in [4.78, 5) is 0. The third-order valence-corrected chi connectivity index (χ3v) is 0.327. The van der Waals surface area contributed by atoms with Gasteiger partial charge in [0.1, 0.15) is 6.61 Å². The second-order valence-corrected chi connectivity index (χ2v) is 1.08. The Morgan fingerprint density at radius 3 is 2.11 bits per heavy atom. The first-order valence-electron chi connectivity index (χ1n) is 2.77. The Labute approximate surface area is 55.6 Å². The zero-order chi connectivity index (χ0) is 7.54. The highest BCUT2D eigenvalue weighted by molar-refractivity contribution is 4.46. The molecular weight excluding hydrogens is 120 g/mol. The van der Waals surface area contributed by atoms with Gasteiger partial charge in [0.25, 0.3) is 0 Å². The number of ether oxygens (including phenoxy) is 1. The molecule has 0 bridgehead atoms. The minimum atomic E-state index is 0.0615. The first-order chi connectivity index (χ1) is 4.33. The molecule has 0 aromatic carbocycles. The average molecular weight is 134 g/mol. The zero-order valence-electron chi connectivity index (χ0n) is 5.71. The van der Waals surface area contributed by atoms with E-state index in [9.17, 15) is 0 Å². The summed E-state index contributed by atoms with van der Waals surface area (Å²) < 4.78 is 4.50. The zero-order valence-corrected chi connectivity index (χ0v) is 5.71. The average Bonchev–Trinajstić information content (AvgIpc) is 1.86. The van der Waals surface area contributed by atoms with Crippen LogP contribution in [-0.4, -0.2) is 30.0 Å². The van der Waals surface area contributed by atoms with E-state index in [4.69, 9.17) is 10.2 Å². The summed E-state index contributed by atoms with van der Waals surface area (Å²) >= 11 is 0. The molecule has 0 spiro atoms. The molecule has 3 nitrogen and oxygen atoms in total. The number of hydrogen-bond donors (Lipinski definition) is 2. The lowest BCUT2D eigenvalue weighted by Gasteiger charge is -1.89. The highest BCUT2D eigenvalue weighted by Crippen LogP contribution is 1.67. The predicted octanol–water partition coefficient (Wildman–Crippen LogP) is 0.137. The van der Waals surface area contributed by atoms with Crippen molar-refractivity contribution in [2.75, 3.05) is 19.8 Å². The maximum Gasteiger partial charge on any atom is 0.110 e. The molecule has 0 rings (SSSR count). The van der Waals surface area contributed by atoms with E-state index in [1.165, 1.54) is 6.26 Å². The van der Waals surface area contributed by atoms with E-state index in [0.717, 1.165) is 0 Å². The van der Waals surface area contributed by atoms with Gasteiger partial charge in [-0.3, -0.25) is 0 Å². The SMILES string of the molecule is C=COCCO.CCO. The van der Waals surface area contributed by atoms with Gasteiger partial charge in [0.05, 0.1) is 12.9 Å². The van der Waals surface area contributed by atoms with E-state index in [1.54, 1.807) is 6.92 Å². The molecule has 0 aliphatic rings. The summed E-state index contributed by atoms with van der Waals surface area (Å²) in [5.41, 5.74) is 0. The molecule has 9 heavy (non-hydrogen) atoms. The van der Waals surface area contributed by atoms with Crippen LogP contribution in [0.15, 0.2) is 12.8 Å². The topological polar surface area (TPSA) is 49.7 Å². The van der Waals surface area contributed by atoms with Gasteiger partial charge in [-0.1, -0.05) is 6.58 Å². The Hall–Kier alpha value is -0.540. The number of hydrogen-bond acceptors (Lipinski definition) is 3. The largest absolute Gasteiger partial charge is 0.499 e. The third-order valence-electron chi connectivity index (χ3n) is 0.327. The van der Waals surface area contributed by atoms with Gasteiger partial charge in [0, 0.05) is 6.61 Å². The molecule has 0 aromatic rings. The van der Waals surface area contributed by atoms with E-state index in [0.29, 0.717) is 6.61 Å². The summed E-state index contributed by atoms with van der Waals surface area (Å²) in [5.74, 6) is 0. The molecule has 0 saturated carbocycles. The lowest BCUT2D eigenvalue weighted by atomic mass is 10.8. The summed E-state index contributed by atoms with van der Waals surface area (Å²) in [6, 6.07) is 0. The van der Waals surface area contributed by atoms with Gasteiger partial charge in [0.2, 0.25) is 0 Å². The van der Waals surface area contributed by atoms with Crippen LogP contribution in [0.4, 0.5) is 0 Å². The number of aliphatic hydroxyl groups is 2. The van der Waals surface area contributed by atoms with Gasteiger partial charge in [-0.2, -0.15) is 0 Å². The van der Waals surface area contributed by atoms with Crippen molar-refractivity contribution in [1.82, 2.24) is 0 Å².